The standard InChI is InChI=1S/C17H19F2N7O4S/c1-3-7-31(28,29)26-10-6-5-9(18)13(12(10)19)22-17(27)23-14-11-15(21-8-20-14)24-25-16(11)30-4-2/h5-6,8,26H,3-4,7H2,1-2H3,(H3,20,21,22,23,24,25,27). The number of urea groups is 1. The summed E-state index contributed by atoms with van der Waals surface area (Å²) in [4.78, 5) is 20.3. The molecule has 2 heterocycles. The van der Waals surface area contributed by atoms with Crippen LogP contribution in [-0.2, 0) is 10.0 Å². The lowest BCUT2D eigenvalue weighted by molar-refractivity contribution is 0.262. The molecule has 31 heavy (non-hydrogen) atoms. The average molecular weight is 455 g/mol. The van der Waals surface area contributed by atoms with Crippen LogP contribution in [0.25, 0.3) is 11.0 Å². The van der Waals surface area contributed by atoms with Crippen LogP contribution in [0.4, 0.5) is 30.8 Å². The van der Waals surface area contributed by atoms with E-state index in [1.807, 2.05) is 10.0 Å². The number of H-pyrrole nitrogens is 1. The van der Waals surface area contributed by atoms with Crippen molar-refractivity contribution in [2.75, 3.05) is 27.7 Å². The molecule has 0 bridgehead atoms. The van der Waals surface area contributed by atoms with Crippen LogP contribution >= 0.6 is 0 Å². The fourth-order valence-corrected chi connectivity index (χ4v) is 3.79. The Morgan fingerprint density at radius 3 is 2.68 bits per heavy atom. The molecule has 0 spiro atoms. The predicted molar refractivity (Wildman–Crippen MR) is 110 cm³/mol. The molecule has 11 nitrogen and oxygen atoms in total. The monoisotopic (exact) mass is 455 g/mol. The van der Waals surface area contributed by atoms with Crippen molar-refractivity contribution >= 4 is 44.3 Å². The van der Waals surface area contributed by atoms with Crippen molar-refractivity contribution < 1.29 is 26.7 Å². The minimum absolute atomic E-state index is 0.0136. The molecule has 2 aromatic heterocycles. The number of hydrogen-bond donors (Lipinski definition) is 4. The Kier molecular flexibility index (Phi) is 6.48. The number of hydrogen-bond acceptors (Lipinski definition) is 7. The van der Waals surface area contributed by atoms with Gasteiger partial charge in [0.05, 0.1) is 18.0 Å². The summed E-state index contributed by atoms with van der Waals surface area (Å²) in [5.74, 6) is -2.50. The minimum atomic E-state index is -3.82. The average Bonchev–Trinajstić information content (AvgIpc) is 3.12. The van der Waals surface area contributed by atoms with Crippen LogP contribution in [0.5, 0.6) is 5.88 Å². The molecule has 166 valence electrons. The van der Waals surface area contributed by atoms with Gasteiger partial charge in [0.1, 0.15) is 23.2 Å². The molecule has 0 aliphatic rings. The molecule has 0 radical (unpaired) electrons. The second kappa shape index (κ2) is 9.07. The van der Waals surface area contributed by atoms with Crippen molar-refractivity contribution in [2.24, 2.45) is 0 Å². The molecule has 0 saturated heterocycles. The van der Waals surface area contributed by atoms with Gasteiger partial charge in [-0.05, 0) is 25.5 Å². The molecule has 0 atom stereocenters. The fraction of sp³-hybridized carbons (Fsp3) is 0.294. The first-order valence-electron chi connectivity index (χ1n) is 9.14. The minimum Gasteiger partial charge on any atom is -0.476 e. The smallest absolute Gasteiger partial charge is 0.325 e. The maximum Gasteiger partial charge on any atom is 0.325 e. The first-order valence-corrected chi connectivity index (χ1v) is 10.8. The summed E-state index contributed by atoms with van der Waals surface area (Å²) < 4.78 is 60.0. The molecule has 0 saturated carbocycles. The van der Waals surface area contributed by atoms with E-state index in [2.05, 4.69) is 25.5 Å². The van der Waals surface area contributed by atoms with E-state index >= 15 is 0 Å². The quantitative estimate of drug-likeness (QED) is 0.408. The first kappa shape index (κ1) is 22.1. The number of anilines is 3. The molecule has 0 aliphatic heterocycles. The van der Waals surface area contributed by atoms with Gasteiger partial charge >= 0.3 is 6.03 Å². The van der Waals surface area contributed by atoms with Gasteiger partial charge in [0.25, 0.3) is 0 Å². The topological polar surface area (TPSA) is 151 Å². The lowest BCUT2D eigenvalue weighted by Crippen LogP contribution is -2.23. The summed E-state index contributed by atoms with van der Waals surface area (Å²) >= 11 is 0. The van der Waals surface area contributed by atoms with Crippen LogP contribution in [0.3, 0.4) is 0 Å². The van der Waals surface area contributed by atoms with E-state index in [0.717, 1.165) is 18.5 Å². The number of amides is 2. The van der Waals surface area contributed by atoms with Crippen LogP contribution in [0.2, 0.25) is 0 Å². The van der Waals surface area contributed by atoms with E-state index in [-0.39, 0.29) is 35.1 Å². The van der Waals surface area contributed by atoms with Gasteiger partial charge in [-0.15, -0.1) is 5.10 Å². The number of rotatable bonds is 8. The van der Waals surface area contributed by atoms with Crippen molar-refractivity contribution in [1.82, 2.24) is 20.2 Å². The maximum absolute atomic E-state index is 14.7. The van der Waals surface area contributed by atoms with E-state index < -0.39 is 39.1 Å². The summed E-state index contributed by atoms with van der Waals surface area (Å²) in [6, 6.07) is 0.721. The Bertz CT molecular complexity index is 1220. The number of benzene rings is 1. The van der Waals surface area contributed by atoms with Crippen molar-refractivity contribution in [3.63, 3.8) is 0 Å². The number of carbonyl (C=O) groups excluding carboxylic acids is 1. The van der Waals surface area contributed by atoms with Crippen LogP contribution in [-0.4, -0.2) is 47.0 Å². The van der Waals surface area contributed by atoms with Gasteiger partial charge in [0, 0.05) is 0 Å². The molecule has 1 aromatic carbocycles. The molecule has 2 amide bonds. The molecule has 0 unspecified atom stereocenters. The zero-order valence-electron chi connectivity index (χ0n) is 16.5. The zero-order chi connectivity index (χ0) is 22.6. The van der Waals surface area contributed by atoms with Crippen LogP contribution in [0, 0.1) is 11.6 Å². The van der Waals surface area contributed by atoms with Crippen LogP contribution in [0.1, 0.15) is 20.3 Å². The largest absolute Gasteiger partial charge is 0.476 e. The van der Waals surface area contributed by atoms with Gasteiger partial charge in [-0.2, -0.15) is 0 Å². The first-order chi connectivity index (χ1) is 14.8. The normalized spacial score (nSPS) is 11.4. The van der Waals surface area contributed by atoms with Gasteiger partial charge in [-0.3, -0.25) is 15.1 Å². The fourth-order valence-electron chi connectivity index (χ4n) is 2.65. The maximum atomic E-state index is 14.7. The summed E-state index contributed by atoms with van der Waals surface area (Å²) in [6.07, 6.45) is 1.45. The van der Waals surface area contributed by atoms with Crippen molar-refractivity contribution in [2.45, 2.75) is 20.3 Å². The lowest BCUT2D eigenvalue weighted by Gasteiger charge is -2.13. The van der Waals surface area contributed by atoms with Crippen LogP contribution < -0.4 is 20.1 Å². The molecule has 0 fully saturated rings. The summed E-state index contributed by atoms with van der Waals surface area (Å²) in [7, 11) is -3.82. The number of sulfonamides is 1. The molecule has 0 aliphatic carbocycles. The number of fused-ring (bicyclic) bond motifs is 1. The number of halogens is 2. The van der Waals surface area contributed by atoms with Gasteiger partial charge < -0.3 is 10.1 Å². The van der Waals surface area contributed by atoms with Crippen molar-refractivity contribution in [3.05, 3.63) is 30.1 Å². The Balaban J connectivity index is 1.85. The van der Waals surface area contributed by atoms with E-state index in [1.165, 1.54) is 0 Å². The third kappa shape index (κ3) is 4.96. The predicted octanol–water partition coefficient (Wildman–Crippen LogP) is 2.83. The van der Waals surface area contributed by atoms with E-state index in [1.54, 1.807) is 13.8 Å². The molecule has 4 N–H and O–H groups in total. The van der Waals surface area contributed by atoms with Crippen molar-refractivity contribution in [3.8, 4) is 5.88 Å². The Labute approximate surface area is 175 Å². The third-order valence-corrected chi connectivity index (χ3v) is 5.38. The third-order valence-electron chi connectivity index (χ3n) is 3.91. The highest BCUT2D eigenvalue weighted by Gasteiger charge is 2.21. The van der Waals surface area contributed by atoms with E-state index in [4.69, 9.17) is 4.74 Å². The SMILES string of the molecule is CCCS(=O)(=O)Nc1ccc(F)c(NC(=O)Nc2ncnc3[nH]nc(OCC)c23)c1F. The Morgan fingerprint density at radius 2 is 1.97 bits per heavy atom. The van der Waals surface area contributed by atoms with Crippen LogP contribution in [0.15, 0.2) is 18.5 Å². The Hall–Kier alpha value is -3.55. The molecule has 3 aromatic rings. The number of carbonyl (C=O) groups is 1. The number of ether oxygens (including phenoxy) is 1. The second-order valence-electron chi connectivity index (χ2n) is 6.19. The second-order valence-corrected chi connectivity index (χ2v) is 8.03. The zero-order valence-corrected chi connectivity index (χ0v) is 17.3. The number of aromatic nitrogens is 4. The van der Waals surface area contributed by atoms with E-state index in [9.17, 15) is 22.0 Å². The molecule has 3 rings (SSSR count). The molecular weight excluding hydrogens is 436 g/mol. The highest BCUT2D eigenvalue weighted by molar-refractivity contribution is 7.92. The number of nitrogens with zero attached hydrogens (tertiary/aromatic N) is 3. The highest BCUT2D eigenvalue weighted by Crippen LogP contribution is 2.29. The van der Waals surface area contributed by atoms with Crippen molar-refractivity contribution in [1.29, 1.82) is 0 Å². The molecule has 14 heteroatoms. The van der Waals surface area contributed by atoms with Gasteiger partial charge in [-0.25, -0.2) is 32.0 Å². The van der Waals surface area contributed by atoms with Gasteiger partial charge in [-0.1, -0.05) is 6.92 Å². The lowest BCUT2D eigenvalue weighted by atomic mass is 10.2. The Morgan fingerprint density at radius 1 is 1.19 bits per heavy atom. The summed E-state index contributed by atoms with van der Waals surface area (Å²) in [5, 5.41) is 11.2. The van der Waals surface area contributed by atoms with Gasteiger partial charge in [0.15, 0.2) is 17.3 Å². The van der Waals surface area contributed by atoms with E-state index in [0.29, 0.717) is 6.42 Å². The summed E-state index contributed by atoms with van der Waals surface area (Å²) in [5.41, 5.74) is -1.06. The molecular formula is C17H19F2N7O4S. The summed E-state index contributed by atoms with van der Waals surface area (Å²) in [6.45, 7) is 3.66. The van der Waals surface area contributed by atoms with Gasteiger partial charge in [0.2, 0.25) is 15.9 Å². The number of aromatic amines is 1. The highest BCUT2D eigenvalue weighted by atomic mass is 32.2. The number of nitrogens with one attached hydrogen (secondary N) is 4.